The third-order valence-electron chi connectivity index (χ3n) is 6.22. The van der Waals surface area contributed by atoms with Crippen molar-refractivity contribution < 1.29 is 29.3 Å². The Bertz CT molecular complexity index is 897. The van der Waals surface area contributed by atoms with Gasteiger partial charge in [-0.2, -0.15) is 0 Å². The number of carbonyl (C=O) groups is 2. The predicted molar refractivity (Wildman–Crippen MR) is 135 cm³/mol. The van der Waals surface area contributed by atoms with Crippen molar-refractivity contribution in [2.75, 3.05) is 14.2 Å². The molecular weight excluding hydrogens is 432 g/mol. The Morgan fingerprint density at radius 3 is 1.68 bits per heavy atom. The molecule has 6 heteroatoms. The lowest BCUT2D eigenvalue weighted by Crippen LogP contribution is -2.20. The molecule has 0 aliphatic carbocycles. The minimum atomic E-state index is -0.759. The van der Waals surface area contributed by atoms with Gasteiger partial charge in [-0.3, -0.25) is 9.59 Å². The van der Waals surface area contributed by atoms with Crippen molar-refractivity contribution in [2.24, 2.45) is 0 Å². The highest BCUT2D eigenvalue weighted by Crippen LogP contribution is 2.37. The lowest BCUT2D eigenvalue weighted by molar-refractivity contribution is -0.138. The molecule has 2 N–H and O–H groups in total. The van der Waals surface area contributed by atoms with Gasteiger partial charge in [0.1, 0.15) is 11.5 Å². The molecule has 0 saturated carbocycles. The molecule has 0 spiro atoms. The van der Waals surface area contributed by atoms with Gasteiger partial charge in [-0.05, 0) is 67.1 Å². The molecule has 0 aliphatic rings. The maximum Gasteiger partial charge on any atom is 0.303 e. The first-order valence-electron chi connectivity index (χ1n) is 11.8. The van der Waals surface area contributed by atoms with Crippen molar-refractivity contribution in [3.63, 3.8) is 0 Å². The van der Waals surface area contributed by atoms with Crippen LogP contribution in [-0.4, -0.2) is 36.4 Å². The fourth-order valence-corrected chi connectivity index (χ4v) is 3.94. The standard InChI is InChI=1S/C19H24O2.C9H16O4/c1-13-14(2)18(21-6)12-11-17(13)19(3,4)15-7-9-16(20-5)10-8-15;10-8(11)6-4-2-1-3-5-7-9(12)13/h7-12H,1-6H3;1-7H2,(H,10,11)(H,12,13). The molecule has 0 radical (unpaired) electrons. The zero-order chi connectivity index (χ0) is 25.7. The predicted octanol–water partition coefficient (Wildman–Crippen LogP) is 6.53. The van der Waals surface area contributed by atoms with Crippen LogP contribution in [0.1, 0.15) is 81.0 Å². The van der Waals surface area contributed by atoms with Gasteiger partial charge in [-0.25, -0.2) is 0 Å². The lowest BCUT2D eigenvalue weighted by Gasteiger charge is -2.29. The van der Waals surface area contributed by atoms with Crippen LogP contribution in [-0.2, 0) is 15.0 Å². The molecule has 0 aliphatic heterocycles. The molecule has 0 bridgehead atoms. The van der Waals surface area contributed by atoms with Crippen LogP contribution >= 0.6 is 0 Å². The highest BCUT2D eigenvalue weighted by Gasteiger charge is 2.26. The zero-order valence-electron chi connectivity index (χ0n) is 21.4. The first kappa shape index (κ1) is 29.0. The van der Waals surface area contributed by atoms with E-state index in [0.29, 0.717) is 12.8 Å². The van der Waals surface area contributed by atoms with Gasteiger partial charge in [-0.15, -0.1) is 0 Å². The van der Waals surface area contributed by atoms with E-state index in [-0.39, 0.29) is 18.3 Å². The second-order valence-corrected chi connectivity index (χ2v) is 8.97. The average Bonchev–Trinajstić information content (AvgIpc) is 2.80. The molecular formula is C28H40O6. The van der Waals surface area contributed by atoms with Crippen LogP contribution in [0.15, 0.2) is 36.4 Å². The van der Waals surface area contributed by atoms with Gasteiger partial charge in [0, 0.05) is 18.3 Å². The quantitative estimate of drug-likeness (QED) is 0.341. The maximum atomic E-state index is 10.1. The van der Waals surface area contributed by atoms with E-state index in [2.05, 4.69) is 52.0 Å². The molecule has 6 nitrogen and oxygen atoms in total. The molecule has 0 heterocycles. The maximum absolute atomic E-state index is 10.1. The summed E-state index contributed by atoms with van der Waals surface area (Å²) in [6.45, 7) is 8.78. The summed E-state index contributed by atoms with van der Waals surface area (Å²) in [6.07, 6.45) is 4.53. The molecule has 34 heavy (non-hydrogen) atoms. The lowest BCUT2D eigenvalue weighted by atomic mass is 9.75. The Labute approximate surface area is 203 Å². The summed E-state index contributed by atoms with van der Waals surface area (Å²) >= 11 is 0. The van der Waals surface area contributed by atoms with Crippen molar-refractivity contribution in [3.8, 4) is 11.5 Å². The van der Waals surface area contributed by atoms with Crippen molar-refractivity contribution in [1.29, 1.82) is 0 Å². The van der Waals surface area contributed by atoms with Crippen LogP contribution in [0.4, 0.5) is 0 Å². The van der Waals surface area contributed by atoms with Gasteiger partial charge < -0.3 is 19.7 Å². The number of rotatable bonds is 12. The van der Waals surface area contributed by atoms with Crippen LogP contribution in [0.5, 0.6) is 11.5 Å². The van der Waals surface area contributed by atoms with Crippen LogP contribution in [0.25, 0.3) is 0 Å². The number of carboxylic acid groups (broad SMARTS) is 2. The molecule has 0 amide bonds. The summed E-state index contributed by atoms with van der Waals surface area (Å²) in [5.41, 5.74) is 5.03. The molecule has 2 aromatic rings. The molecule has 2 aromatic carbocycles. The third-order valence-corrected chi connectivity index (χ3v) is 6.22. The number of benzene rings is 2. The van der Waals surface area contributed by atoms with E-state index in [1.165, 1.54) is 22.3 Å². The summed E-state index contributed by atoms with van der Waals surface area (Å²) in [5.74, 6) is 0.315. The minimum Gasteiger partial charge on any atom is -0.497 e. The number of carboxylic acids is 2. The Kier molecular flexibility index (Phi) is 12.2. The van der Waals surface area contributed by atoms with Crippen LogP contribution in [0, 0.1) is 13.8 Å². The third kappa shape index (κ3) is 9.08. The topological polar surface area (TPSA) is 93.1 Å². The first-order valence-corrected chi connectivity index (χ1v) is 11.8. The number of hydrogen-bond acceptors (Lipinski definition) is 4. The molecule has 188 valence electrons. The Balaban J connectivity index is 0.000000385. The Morgan fingerprint density at radius 1 is 0.735 bits per heavy atom. The summed E-state index contributed by atoms with van der Waals surface area (Å²) in [5, 5.41) is 16.6. The highest BCUT2D eigenvalue weighted by molar-refractivity contribution is 5.66. The van der Waals surface area contributed by atoms with Gasteiger partial charge in [0.05, 0.1) is 14.2 Å². The summed E-state index contributed by atoms with van der Waals surface area (Å²) in [4.78, 5) is 20.2. The molecule has 0 unspecified atom stereocenters. The summed E-state index contributed by atoms with van der Waals surface area (Å²) < 4.78 is 10.7. The first-order chi connectivity index (χ1) is 16.0. The Morgan fingerprint density at radius 2 is 1.24 bits per heavy atom. The van der Waals surface area contributed by atoms with Gasteiger partial charge in [0.2, 0.25) is 0 Å². The Hall–Kier alpha value is -3.02. The van der Waals surface area contributed by atoms with Crippen molar-refractivity contribution in [1.82, 2.24) is 0 Å². The van der Waals surface area contributed by atoms with E-state index in [1.807, 2.05) is 12.1 Å². The van der Waals surface area contributed by atoms with E-state index >= 15 is 0 Å². The normalized spacial score (nSPS) is 10.8. The number of unbranched alkanes of at least 4 members (excludes halogenated alkanes) is 4. The van der Waals surface area contributed by atoms with Crippen LogP contribution in [0.3, 0.4) is 0 Å². The van der Waals surface area contributed by atoms with Crippen molar-refractivity contribution in [3.05, 3.63) is 58.7 Å². The summed E-state index contributed by atoms with van der Waals surface area (Å²) in [7, 11) is 3.41. The van der Waals surface area contributed by atoms with Gasteiger partial charge in [0.15, 0.2) is 0 Å². The van der Waals surface area contributed by atoms with Gasteiger partial charge >= 0.3 is 11.9 Å². The smallest absolute Gasteiger partial charge is 0.303 e. The van der Waals surface area contributed by atoms with Crippen molar-refractivity contribution in [2.45, 2.75) is 78.1 Å². The molecule has 0 fully saturated rings. The van der Waals surface area contributed by atoms with E-state index in [0.717, 1.165) is 30.8 Å². The monoisotopic (exact) mass is 472 g/mol. The van der Waals surface area contributed by atoms with Crippen LogP contribution < -0.4 is 9.47 Å². The number of methoxy groups -OCH3 is 2. The highest BCUT2D eigenvalue weighted by atomic mass is 16.5. The van der Waals surface area contributed by atoms with E-state index in [4.69, 9.17) is 19.7 Å². The van der Waals surface area contributed by atoms with Crippen LogP contribution in [0.2, 0.25) is 0 Å². The van der Waals surface area contributed by atoms with Gasteiger partial charge in [0.25, 0.3) is 0 Å². The van der Waals surface area contributed by atoms with E-state index in [1.54, 1.807) is 14.2 Å². The minimum absolute atomic E-state index is 0.0621. The summed E-state index contributed by atoms with van der Waals surface area (Å²) in [6, 6.07) is 12.5. The average molecular weight is 473 g/mol. The van der Waals surface area contributed by atoms with Gasteiger partial charge in [-0.1, -0.05) is 51.3 Å². The largest absolute Gasteiger partial charge is 0.497 e. The number of ether oxygens (including phenoxy) is 2. The second-order valence-electron chi connectivity index (χ2n) is 8.97. The molecule has 2 rings (SSSR count). The molecule has 0 atom stereocenters. The fourth-order valence-electron chi connectivity index (χ4n) is 3.94. The SMILES string of the molecule is COc1ccc(C(C)(C)c2ccc(OC)c(C)c2C)cc1.O=C(O)CCCCCCCC(=O)O. The molecule has 0 saturated heterocycles. The number of aliphatic carboxylic acids is 2. The second kappa shape index (κ2) is 14.3. The number of hydrogen-bond donors (Lipinski definition) is 2. The van der Waals surface area contributed by atoms with Crippen molar-refractivity contribution >= 4 is 11.9 Å². The zero-order valence-corrected chi connectivity index (χ0v) is 21.4. The molecule has 0 aromatic heterocycles. The van der Waals surface area contributed by atoms with E-state index in [9.17, 15) is 9.59 Å². The fraction of sp³-hybridized carbons (Fsp3) is 0.500. The van der Waals surface area contributed by atoms with E-state index < -0.39 is 11.9 Å².